The summed E-state index contributed by atoms with van der Waals surface area (Å²) in [7, 11) is 0. The first-order valence-electron chi connectivity index (χ1n) is 7.41. The first kappa shape index (κ1) is 12.7. The van der Waals surface area contributed by atoms with E-state index in [4.69, 9.17) is 0 Å². The van der Waals surface area contributed by atoms with Crippen molar-refractivity contribution in [3.63, 3.8) is 0 Å². The highest BCUT2D eigenvalue weighted by molar-refractivity contribution is 5.76. The van der Waals surface area contributed by atoms with Gasteiger partial charge in [-0.2, -0.15) is 0 Å². The van der Waals surface area contributed by atoms with Gasteiger partial charge in [0.1, 0.15) is 5.82 Å². The number of rotatable bonds is 3. The van der Waals surface area contributed by atoms with Crippen molar-refractivity contribution in [3.05, 3.63) is 29.6 Å². The largest absolute Gasteiger partial charge is 0.342 e. The van der Waals surface area contributed by atoms with Gasteiger partial charge in [-0.05, 0) is 55.5 Å². The summed E-state index contributed by atoms with van der Waals surface area (Å²) in [6, 6.07) is 6.74. The van der Waals surface area contributed by atoms with Crippen LogP contribution in [0.1, 0.15) is 44.0 Å². The fourth-order valence-electron chi connectivity index (χ4n) is 2.97. The zero-order valence-electron chi connectivity index (χ0n) is 11.9. The summed E-state index contributed by atoms with van der Waals surface area (Å²) in [6.07, 6.45) is 3.52. The number of imidazole rings is 1. The number of nitrogens with one attached hydrogen (secondary N) is 2. The van der Waals surface area contributed by atoms with Crippen LogP contribution in [0.4, 0.5) is 0 Å². The van der Waals surface area contributed by atoms with Crippen LogP contribution >= 0.6 is 0 Å². The van der Waals surface area contributed by atoms with Gasteiger partial charge in [-0.3, -0.25) is 0 Å². The highest BCUT2D eigenvalue weighted by atomic mass is 14.9. The average Bonchev–Trinajstić information content (AvgIpc) is 2.79. The number of benzene rings is 1. The summed E-state index contributed by atoms with van der Waals surface area (Å²) in [6.45, 7) is 6.75. The Labute approximate surface area is 114 Å². The van der Waals surface area contributed by atoms with Crippen LogP contribution in [-0.2, 0) is 6.42 Å². The van der Waals surface area contributed by atoms with Gasteiger partial charge in [-0.25, -0.2) is 4.98 Å². The Bertz CT molecular complexity index is 550. The molecule has 0 aliphatic carbocycles. The Hall–Kier alpha value is -1.35. The molecule has 19 heavy (non-hydrogen) atoms. The Balaban J connectivity index is 1.87. The first-order valence-corrected chi connectivity index (χ1v) is 7.41. The van der Waals surface area contributed by atoms with Crippen LogP contribution in [0.5, 0.6) is 0 Å². The lowest BCUT2D eigenvalue weighted by molar-refractivity contribution is 0.460. The van der Waals surface area contributed by atoms with Crippen molar-refractivity contribution >= 4 is 11.0 Å². The van der Waals surface area contributed by atoms with E-state index >= 15 is 0 Å². The minimum Gasteiger partial charge on any atom is -0.342 e. The van der Waals surface area contributed by atoms with Crippen molar-refractivity contribution in [2.24, 2.45) is 5.92 Å². The van der Waals surface area contributed by atoms with E-state index in [-0.39, 0.29) is 0 Å². The third-order valence-corrected chi connectivity index (χ3v) is 3.97. The molecule has 3 nitrogen and oxygen atoms in total. The number of piperidine rings is 1. The lowest BCUT2D eigenvalue weighted by Crippen LogP contribution is -2.26. The highest BCUT2D eigenvalue weighted by Crippen LogP contribution is 2.27. The molecule has 1 fully saturated rings. The summed E-state index contributed by atoms with van der Waals surface area (Å²) >= 11 is 0. The fraction of sp³-hybridized carbons (Fsp3) is 0.562. The lowest BCUT2D eigenvalue weighted by atomic mass is 9.90. The van der Waals surface area contributed by atoms with Crippen molar-refractivity contribution in [2.45, 2.75) is 39.0 Å². The Kier molecular flexibility index (Phi) is 3.56. The zero-order chi connectivity index (χ0) is 13.2. The molecular formula is C16H23N3. The smallest absolute Gasteiger partial charge is 0.107 e. The molecule has 2 heterocycles. The molecule has 1 aromatic heterocycles. The predicted molar refractivity (Wildman–Crippen MR) is 79.5 cm³/mol. The van der Waals surface area contributed by atoms with Gasteiger partial charge in [-0.1, -0.05) is 19.9 Å². The molecule has 3 rings (SSSR count). The van der Waals surface area contributed by atoms with Crippen LogP contribution in [0.15, 0.2) is 18.2 Å². The normalized spacial score (nSPS) is 17.4. The second-order valence-corrected chi connectivity index (χ2v) is 6.08. The first-order chi connectivity index (χ1) is 9.22. The van der Waals surface area contributed by atoms with Crippen LogP contribution in [-0.4, -0.2) is 23.1 Å². The molecule has 102 valence electrons. The van der Waals surface area contributed by atoms with Gasteiger partial charge in [0, 0.05) is 6.42 Å². The molecule has 0 amide bonds. The quantitative estimate of drug-likeness (QED) is 0.886. The second-order valence-electron chi connectivity index (χ2n) is 6.08. The lowest BCUT2D eigenvalue weighted by Gasteiger charge is -2.22. The van der Waals surface area contributed by atoms with Crippen LogP contribution in [0.3, 0.4) is 0 Å². The van der Waals surface area contributed by atoms with Crippen molar-refractivity contribution in [2.75, 3.05) is 13.1 Å². The number of aromatic amines is 1. The minimum absolute atomic E-state index is 0.643. The van der Waals surface area contributed by atoms with E-state index in [1.54, 1.807) is 0 Å². The van der Waals surface area contributed by atoms with Gasteiger partial charge in [0.25, 0.3) is 0 Å². The van der Waals surface area contributed by atoms with Crippen LogP contribution in [0.25, 0.3) is 11.0 Å². The Morgan fingerprint density at radius 1 is 1.26 bits per heavy atom. The van der Waals surface area contributed by atoms with Crippen LogP contribution in [0.2, 0.25) is 0 Å². The van der Waals surface area contributed by atoms with Gasteiger partial charge in [0.2, 0.25) is 0 Å². The summed E-state index contributed by atoms with van der Waals surface area (Å²) in [5.74, 6) is 2.47. The van der Waals surface area contributed by atoms with Gasteiger partial charge in [-0.15, -0.1) is 0 Å². The number of H-pyrrole nitrogens is 1. The molecule has 0 bridgehead atoms. The molecule has 1 saturated heterocycles. The van der Waals surface area contributed by atoms with E-state index in [0.717, 1.165) is 30.9 Å². The fourth-order valence-corrected chi connectivity index (χ4v) is 2.97. The van der Waals surface area contributed by atoms with E-state index < -0.39 is 0 Å². The van der Waals surface area contributed by atoms with Gasteiger partial charge < -0.3 is 10.3 Å². The predicted octanol–water partition coefficient (Wildman–Crippen LogP) is 3.23. The van der Waals surface area contributed by atoms with Crippen LogP contribution in [0, 0.1) is 5.92 Å². The molecule has 0 unspecified atom stereocenters. The minimum atomic E-state index is 0.643. The number of nitrogens with zero attached hydrogens (tertiary/aromatic N) is 1. The van der Waals surface area contributed by atoms with Crippen molar-refractivity contribution in [3.8, 4) is 0 Å². The van der Waals surface area contributed by atoms with Crippen molar-refractivity contribution in [1.82, 2.24) is 15.3 Å². The Morgan fingerprint density at radius 3 is 2.79 bits per heavy atom. The molecular weight excluding hydrogens is 234 g/mol. The van der Waals surface area contributed by atoms with Crippen molar-refractivity contribution < 1.29 is 0 Å². The molecule has 3 heteroatoms. The standard InChI is InChI=1S/C16H23N3/c1-11(2)9-16-18-14-4-3-13(10-15(14)19-16)12-5-7-17-8-6-12/h3-4,10-12,17H,5-9H2,1-2H3,(H,18,19). The van der Waals surface area contributed by atoms with Gasteiger partial charge in [0.05, 0.1) is 11.0 Å². The molecule has 0 saturated carbocycles. The van der Waals surface area contributed by atoms with Gasteiger partial charge >= 0.3 is 0 Å². The van der Waals surface area contributed by atoms with Crippen LogP contribution < -0.4 is 5.32 Å². The maximum atomic E-state index is 4.67. The van der Waals surface area contributed by atoms with E-state index in [1.165, 1.54) is 23.9 Å². The third-order valence-electron chi connectivity index (χ3n) is 3.97. The monoisotopic (exact) mass is 257 g/mol. The number of aromatic nitrogens is 2. The van der Waals surface area contributed by atoms with E-state index in [0.29, 0.717) is 11.8 Å². The maximum absolute atomic E-state index is 4.67. The summed E-state index contributed by atoms with van der Waals surface area (Å²) in [4.78, 5) is 8.15. The third kappa shape index (κ3) is 2.81. The average molecular weight is 257 g/mol. The molecule has 0 atom stereocenters. The second kappa shape index (κ2) is 5.33. The zero-order valence-corrected chi connectivity index (χ0v) is 11.9. The summed E-state index contributed by atoms with van der Waals surface area (Å²) in [5.41, 5.74) is 3.77. The summed E-state index contributed by atoms with van der Waals surface area (Å²) in [5, 5.41) is 3.43. The van der Waals surface area contributed by atoms with E-state index in [2.05, 4.69) is 47.3 Å². The highest BCUT2D eigenvalue weighted by Gasteiger charge is 2.16. The SMILES string of the molecule is CC(C)Cc1nc2ccc(C3CCNCC3)cc2[nH]1. The number of fused-ring (bicyclic) bond motifs is 1. The molecule has 0 radical (unpaired) electrons. The van der Waals surface area contributed by atoms with E-state index in [1.807, 2.05) is 0 Å². The molecule has 0 spiro atoms. The molecule has 1 aromatic carbocycles. The number of hydrogen-bond acceptors (Lipinski definition) is 2. The molecule has 2 aromatic rings. The summed E-state index contributed by atoms with van der Waals surface area (Å²) < 4.78 is 0. The molecule has 1 aliphatic heterocycles. The maximum Gasteiger partial charge on any atom is 0.107 e. The van der Waals surface area contributed by atoms with Crippen molar-refractivity contribution in [1.29, 1.82) is 0 Å². The topological polar surface area (TPSA) is 40.7 Å². The Morgan fingerprint density at radius 2 is 2.05 bits per heavy atom. The molecule has 1 aliphatic rings. The number of hydrogen-bond donors (Lipinski definition) is 2. The van der Waals surface area contributed by atoms with Gasteiger partial charge in [0.15, 0.2) is 0 Å². The van der Waals surface area contributed by atoms with E-state index in [9.17, 15) is 0 Å². The molecule has 2 N–H and O–H groups in total.